The second-order valence-electron chi connectivity index (χ2n) is 6.66. The molecule has 0 radical (unpaired) electrons. The molecular weight excluding hydrogens is 406 g/mol. The number of rotatable bonds is 5. The average molecular weight is 426 g/mol. The number of hydrogen-bond acceptors (Lipinski definition) is 6. The zero-order chi connectivity index (χ0) is 21.3. The molecule has 1 amide bonds. The molecule has 4 rings (SSSR count). The first-order valence-corrected chi connectivity index (χ1v) is 9.55. The number of carbonyl (C=O) groups is 1. The highest BCUT2D eigenvalue weighted by Crippen LogP contribution is 2.40. The van der Waals surface area contributed by atoms with Crippen molar-refractivity contribution in [3.05, 3.63) is 70.6 Å². The van der Waals surface area contributed by atoms with E-state index < -0.39 is 6.04 Å². The third-order valence-corrected chi connectivity index (χ3v) is 5.12. The molecule has 30 heavy (non-hydrogen) atoms. The fourth-order valence-electron chi connectivity index (χ4n) is 3.46. The van der Waals surface area contributed by atoms with Crippen LogP contribution < -0.4 is 20.1 Å². The number of benzene rings is 2. The Morgan fingerprint density at radius 2 is 1.93 bits per heavy atom. The molecule has 0 aliphatic carbocycles. The SMILES string of the molecule is COc1ccc(OC)c([C@H]2C(C(=O)Nc3ccc(Cl)cc3)=C(C)Nc3ncnn32)c1. The molecule has 0 saturated heterocycles. The van der Waals surface area contributed by atoms with E-state index in [9.17, 15) is 4.79 Å². The average Bonchev–Trinajstić information content (AvgIpc) is 3.21. The van der Waals surface area contributed by atoms with Crippen LogP contribution >= 0.6 is 11.6 Å². The molecule has 154 valence electrons. The first-order chi connectivity index (χ1) is 14.5. The molecule has 0 spiro atoms. The lowest BCUT2D eigenvalue weighted by molar-refractivity contribution is -0.113. The normalized spacial score (nSPS) is 15.3. The van der Waals surface area contributed by atoms with Gasteiger partial charge in [0.05, 0.1) is 19.8 Å². The summed E-state index contributed by atoms with van der Waals surface area (Å²) in [5, 5.41) is 11.0. The van der Waals surface area contributed by atoms with Crippen molar-refractivity contribution in [3.63, 3.8) is 0 Å². The minimum atomic E-state index is -0.568. The van der Waals surface area contributed by atoms with Crippen molar-refractivity contribution in [2.45, 2.75) is 13.0 Å². The fraction of sp³-hybridized carbons (Fsp3) is 0.190. The van der Waals surface area contributed by atoms with Gasteiger partial charge in [-0.1, -0.05) is 11.6 Å². The lowest BCUT2D eigenvalue weighted by Crippen LogP contribution is -2.31. The van der Waals surface area contributed by atoms with Gasteiger partial charge in [0.15, 0.2) is 0 Å². The van der Waals surface area contributed by atoms with Crippen molar-refractivity contribution in [1.29, 1.82) is 0 Å². The highest BCUT2D eigenvalue weighted by Gasteiger charge is 2.35. The third kappa shape index (κ3) is 3.57. The summed E-state index contributed by atoms with van der Waals surface area (Å²) in [6.07, 6.45) is 1.44. The number of nitrogens with zero attached hydrogens (tertiary/aromatic N) is 3. The summed E-state index contributed by atoms with van der Waals surface area (Å²) in [5.74, 6) is 1.50. The van der Waals surface area contributed by atoms with Gasteiger partial charge in [-0.15, -0.1) is 0 Å². The number of nitrogens with one attached hydrogen (secondary N) is 2. The lowest BCUT2D eigenvalue weighted by atomic mass is 9.94. The van der Waals surface area contributed by atoms with E-state index in [1.807, 2.05) is 13.0 Å². The Hall–Kier alpha value is -3.52. The van der Waals surface area contributed by atoms with E-state index >= 15 is 0 Å². The van der Waals surface area contributed by atoms with Gasteiger partial charge in [0.1, 0.15) is 23.9 Å². The number of aromatic nitrogens is 3. The van der Waals surface area contributed by atoms with Crippen molar-refractivity contribution in [2.75, 3.05) is 24.9 Å². The van der Waals surface area contributed by atoms with Crippen molar-refractivity contribution < 1.29 is 14.3 Å². The topological polar surface area (TPSA) is 90.3 Å². The quantitative estimate of drug-likeness (QED) is 0.644. The van der Waals surface area contributed by atoms with E-state index in [0.717, 1.165) is 5.56 Å². The molecule has 2 heterocycles. The smallest absolute Gasteiger partial charge is 0.255 e. The van der Waals surface area contributed by atoms with Crippen LogP contribution in [-0.4, -0.2) is 34.9 Å². The molecule has 1 atom stereocenters. The maximum Gasteiger partial charge on any atom is 0.255 e. The number of methoxy groups -OCH3 is 2. The van der Waals surface area contributed by atoms with Crippen molar-refractivity contribution in [1.82, 2.24) is 14.8 Å². The van der Waals surface area contributed by atoms with Crippen molar-refractivity contribution in [3.8, 4) is 11.5 Å². The summed E-state index contributed by atoms with van der Waals surface area (Å²) >= 11 is 5.95. The van der Waals surface area contributed by atoms with Crippen LogP contribution in [0.1, 0.15) is 18.5 Å². The standard InChI is InChI=1S/C21H20ClN5O3/c1-12-18(20(28)26-14-6-4-13(22)5-7-14)19(27-21(25-12)23-11-24-27)16-10-15(29-2)8-9-17(16)30-3/h4-11,19H,1-3H3,(H,26,28)(H,23,24,25)/t19-/m0/s1. The Balaban J connectivity index is 1.82. The summed E-state index contributed by atoms with van der Waals surface area (Å²) in [4.78, 5) is 17.6. The first kappa shape index (κ1) is 19.8. The lowest BCUT2D eigenvalue weighted by Gasteiger charge is -2.29. The molecule has 0 fully saturated rings. The van der Waals surface area contributed by atoms with E-state index in [1.54, 1.807) is 55.3 Å². The van der Waals surface area contributed by atoms with Crippen LogP contribution in [0.25, 0.3) is 0 Å². The zero-order valence-electron chi connectivity index (χ0n) is 16.6. The molecular formula is C21H20ClN5O3. The van der Waals surface area contributed by atoms with Crippen LogP contribution in [0.2, 0.25) is 5.02 Å². The van der Waals surface area contributed by atoms with E-state index in [4.69, 9.17) is 21.1 Å². The summed E-state index contributed by atoms with van der Waals surface area (Å²) in [6, 6.07) is 11.8. The number of allylic oxidation sites excluding steroid dienone is 1. The Bertz CT molecular complexity index is 1120. The molecule has 1 aliphatic heterocycles. The minimum Gasteiger partial charge on any atom is -0.497 e. The van der Waals surface area contributed by atoms with Gasteiger partial charge in [-0.25, -0.2) is 4.68 Å². The first-order valence-electron chi connectivity index (χ1n) is 9.18. The van der Waals surface area contributed by atoms with E-state index in [2.05, 4.69) is 20.7 Å². The number of fused-ring (bicyclic) bond motifs is 1. The van der Waals surface area contributed by atoms with E-state index in [0.29, 0.717) is 39.4 Å². The number of halogens is 1. The number of ether oxygens (including phenoxy) is 2. The number of amides is 1. The van der Waals surface area contributed by atoms with Crippen LogP contribution in [-0.2, 0) is 4.79 Å². The van der Waals surface area contributed by atoms with E-state index in [1.165, 1.54) is 6.33 Å². The molecule has 2 aromatic carbocycles. The monoisotopic (exact) mass is 425 g/mol. The van der Waals surface area contributed by atoms with Gasteiger partial charge in [-0.3, -0.25) is 4.79 Å². The fourth-order valence-corrected chi connectivity index (χ4v) is 3.58. The maximum absolute atomic E-state index is 13.4. The van der Waals surface area contributed by atoms with Gasteiger partial charge < -0.3 is 20.1 Å². The Labute approximate surface area is 178 Å². The minimum absolute atomic E-state index is 0.279. The van der Waals surface area contributed by atoms with Crippen LogP contribution in [0.3, 0.4) is 0 Å². The number of hydrogen-bond donors (Lipinski definition) is 2. The maximum atomic E-state index is 13.4. The molecule has 1 aliphatic rings. The largest absolute Gasteiger partial charge is 0.497 e. The van der Waals surface area contributed by atoms with E-state index in [-0.39, 0.29) is 5.91 Å². The summed E-state index contributed by atoms with van der Waals surface area (Å²) in [7, 11) is 3.17. The summed E-state index contributed by atoms with van der Waals surface area (Å²) < 4.78 is 12.6. The van der Waals surface area contributed by atoms with Gasteiger partial charge in [0.25, 0.3) is 5.91 Å². The van der Waals surface area contributed by atoms with Crippen LogP contribution in [0.5, 0.6) is 11.5 Å². The highest BCUT2D eigenvalue weighted by molar-refractivity contribution is 6.30. The summed E-state index contributed by atoms with van der Waals surface area (Å²) in [6.45, 7) is 1.83. The van der Waals surface area contributed by atoms with Crippen molar-refractivity contribution in [2.24, 2.45) is 0 Å². The highest BCUT2D eigenvalue weighted by atomic mass is 35.5. The molecule has 8 nitrogen and oxygen atoms in total. The predicted octanol–water partition coefficient (Wildman–Crippen LogP) is 3.88. The molecule has 3 aromatic rings. The Morgan fingerprint density at radius 3 is 2.63 bits per heavy atom. The number of anilines is 2. The number of carbonyl (C=O) groups excluding carboxylic acids is 1. The second kappa shape index (κ2) is 8.08. The van der Waals surface area contributed by atoms with Gasteiger partial charge in [0, 0.05) is 22.0 Å². The zero-order valence-corrected chi connectivity index (χ0v) is 17.4. The van der Waals surface area contributed by atoms with Gasteiger partial charge in [-0.2, -0.15) is 10.1 Å². The second-order valence-corrected chi connectivity index (χ2v) is 7.10. The molecule has 1 aromatic heterocycles. The molecule has 0 unspecified atom stereocenters. The molecule has 9 heteroatoms. The van der Waals surface area contributed by atoms with Gasteiger partial charge >= 0.3 is 0 Å². The van der Waals surface area contributed by atoms with Crippen LogP contribution in [0, 0.1) is 0 Å². The molecule has 0 bridgehead atoms. The molecule has 0 saturated carbocycles. The van der Waals surface area contributed by atoms with Crippen LogP contribution in [0.15, 0.2) is 60.1 Å². The summed E-state index contributed by atoms with van der Waals surface area (Å²) in [5.41, 5.74) is 2.50. The van der Waals surface area contributed by atoms with Crippen molar-refractivity contribution >= 4 is 29.1 Å². The Morgan fingerprint density at radius 1 is 1.17 bits per heavy atom. The third-order valence-electron chi connectivity index (χ3n) is 4.87. The van der Waals surface area contributed by atoms with Gasteiger partial charge in [-0.05, 0) is 49.4 Å². The van der Waals surface area contributed by atoms with Crippen LogP contribution in [0.4, 0.5) is 11.6 Å². The van der Waals surface area contributed by atoms with Gasteiger partial charge in [0.2, 0.25) is 5.95 Å². The predicted molar refractivity (Wildman–Crippen MR) is 114 cm³/mol. The Kier molecular flexibility index (Phi) is 5.33. The molecule has 2 N–H and O–H groups in total.